The third-order valence-corrected chi connectivity index (χ3v) is 4.82. The second-order valence-corrected chi connectivity index (χ2v) is 6.74. The molecule has 1 fully saturated rings. The molecule has 1 aromatic carbocycles. The Kier molecular flexibility index (Phi) is 5.92. The summed E-state index contributed by atoms with van der Waals surface area (Å²) < 4.78 is 14.3. The number of halogens is 1. The third kappa shape index (κ3) is 4.75. The van der Waals surface area contributed by atoms with Gasteiger partial charge in [-0.2, -0.15) is 0 Å². The first-order chi connectivity index (χ1) is 12.9. The Morgan fingerprint density at radius 1 is 1.30 bits per heavy atom. The van der Waals surface area contributed by atoms with Crippen LogP contribution in [0, 0.1) is 21.8 Å². The lowest BCUT2D eigenvalue weighted by molar-refractivity contribution is -0.397. The lowest BCUT2D eigenvalue weighted by Gasteiger charge is -2.32. The Morgan fingerprint density at radius 2 is 1.96 bits per heavy atom. The largest absolute Gasteiger partial charge is 0.434 e. The van der Waals surface area contributed by atoms with Crippen LogP contribution in [0.1, 0.15) is 23.2 Å². The molecule has 1 atom stereocenters. The van der Waals surface area contributed by atoms with Crippen molar-refractivity contribution >= 4 is 11.7 Å². The molecule has 1 saturated heterocycles. The number of carbonyl (C=O) groups excluding carboxylic acids is 1. The number of piperidine rings is 1. The summed E-state index contributed by atoms with van der Waals surface area (Å²) in [6.45, 7) is 1.76. The summed E-state index contributed by atoms with van der Waals surface area (Å²) in [6, 6.07) is 5.58. The minimum atomic E-state index is -0.776. The van der Waals surface area contributed by atoms with Gasteiger partial charge in [0.1, 0.15) is 18.2 Å². The highest BCUT2D eigenvalue weighted by Gasteiger charge is 2.27. The van der Waals surface area contributed by atoms with Crippen molar-refractivity contribution in [2.75, 3.05) is 19.6 Å². The summed E-state index contributed by atoms with van der Waals surface area (Å²) in [5.74, 6) is -0.756. The van der Waals surface area contributed by atoms with Gasteiger partial charge in [0, 0.05) is 18.0 Å². The van der Waals surface area contributed by atoms with Gasteiger partial charge in [0.15, 0.2) is 5.78 Å². The van der Waals surface area contributed by atoms with E-state index in [1.54, 1.807) is 0 Å². The average molecular weight is 376 g/mol. The van der Waals surface area contributed by atoms with Crippen LogP contribution >= 0.6 is 0 Å². The molecule has 144 valence electrons. The Hall–Kier alpha value is -2.65. The van der Waals surface area contributed by atoms with E-state index >= 15 is 0 Å². The number of aliphatic hydroxyl groups is 1. The van der Waals surface area contributed by atoms with Gasteiger partial charge in [-0.15, -0.1) is 0 Å². The number of aromatic nitrogens is 2. The summed E-state index contributed by atoms with van der Waals surface area (Å²) >= 11 is 0. The number of hydrogen-bond acceptors (Lipinski definition) is 6. The van der Waals surface area contributed by atoms with Crippen molar-refractivity contribution in [2.45, 2.75) is 25.5 Å². The Balaban J connectivity index is 1.49. The summed E-state index contributed by atoms with van der Waals surface area (Å²) in [6.07, 6.45) is 3.34. The Bertz CT molecular complexity index is 800. The maximum absolute atomic E-state index is 13.0. The molecule has 9 heteroatoms. The average Bonchev–Trinajstić information content (AvgIpc) is 3.10. The number of nitro groups is 1. The molecule has 3 rings (SSSR count). The number of rotatable bonds is 7. The molecule has 2 aromatic rings. The van der Waals surface area contributed by atoms with Crippen molar-refractivity contribution in [1.82, 2.24) is 14.5 Å². The molecule has 0 radical (unpaired) electrons. The van der Waals surface area contributed by atoms with E-state index in [0.29, 0.717) is 38.0 Å². The van der Waals surface area contributed by atoms with Crippen molar-refractivity contribution in [3.05, 3.63) is 58.2 Å². The summed E-state index contributed by atoms with van der Waals surface area (Å²) in [7, 11) is 0. The molecule has 1 aliphatic heterocycles. The van der Waals surface area contributed by atoms with Gasteiger partial charge < -0.3 is 20.1 Å². The molecular weight excluding hydrogens is 355 g/mol. The van der Waals surface area contributed by atoms with E-state index in [-0.39, 0.29) is 30.0 Å². The lowest BCUT2D eigenvalue weighted by atomic mass is 9.89. The van der Waals surface area contributed by atoms with Crippen molar-refractivity contribution in [1.29, 1.82) is 0 Å². The fourth-order valence-electron chi connectivity index (χ4n) is 3.43. The lowest BCUT2D eigenvalue weighted by Crippen LogP contribution is -2.41. The van der Waals surface area contributed by atoms with Crippen LogP contribution in [0.2, 0.25) is 0 Å². The molecule has 1 aliphatic rings. The second kappa shape index (κ2) is 8.36. The van der Waals surface area contributed by atoms with Gasteiger partial charge in [-0.25, -0.2) is 8.96 Å². The van der Waals surface area contributed by atoms with Crippen LogP contribution in [0.3, 0.4) is 0 Å². The monoisotopic (exact) mass is 376 g/mol. The molecule has 0 spiro atoms. The SMILES string of the molecule is O=C(c1ccc(F)cc1)C1CCN(CC(O)Cn2ccnc2[N+](=O)[O-])CC1. The first kappa shape index (κ1) is 19.1. The van der Waals surface area contributed by atoms with Crippen molar-refractivity contribution in [3.63, 3.8) is 0 Å². The van der Waals surface area contributed by atoms with Gasteiger partial charge in [0.05, 0.1) is 12.6 Å². The number of benzene rings is 1. The van der Waals surface area contributed by atoms with Gasteiger partial charge in [-0.1, -0.05) is 4.98 Å². The number of carbonyl (C=O) groups is 1. The zero-order valence-corrected chi connectivity index (χ0v) is 14.7. The van der Waals surface area contributed by atoms with Crippen LogP contribution in [0.15, 0.2) is 36.7 Å². The molecular formula is C18H21FN4O4. The molecule has 0 bridgehead atoms. The standard InChI is InChI=1S/C18H21FN4O4/c19-15-3-1-13(2-4-15)17(25)14-5-8-21(9-6-14)11-16(24)12-22-10-7-20-18(22)23(26)27/h1-4,7,10,14,16,24H,5-6,8-9,11-12H2. The number of likely N-dealkylation sites (tertiary alicyclic amines) is 1. The van der Waals surface area contributed by atoms with Crippen LogP contribution in [0.25, 0.3) is 0 Å². The number of imidazole rings is 1. The number of β-amino-alcohol motifs (C(OH)–C–C–N with tert-alkyl or cyclic N) is 1. The highest BCUT2D eigenvalue weighted by Crippen LogP contribution is 2.22. The van der Waals surface area contributed by atoms with E-state index in [1.807, 2.05) is 4.90 Å². The van der Waals surface area contributed by atoms with Gasteiger partial charge in [0.25, 0.3) is 0 Å². The minimum Gasteiger partial charge on any atom is -0.390 e. The molecule has 1 N–H and O–H groups in total. The number of aliphatic hydroxyl groups excluding tert-OH is 1. The predicted molar refractivity (Wildman–Crippen MR) is 94.8 cm³/mol. The first-order valence-corrected chi connectivity index (χ1v) is 8.79. The van der Waals surface area contributed by atoms with Crippen LogP contribution in [-0.4, -0.2) is 56.0 Å². The van der Waals surface area contributed by atoms with Crippen molar-refractivity contribution in [3.8, 4) is 0 Å². The topological polar surface area (TPSA) is 102 Å². The zero-order chi connectivity index (χ0) is 19.4. The third-order valence-electron chi connectivity index (χ3n) is 4.82. The quantitative estimate of drug-likeness (QED) is 0.450. The van der Waals surface area contributed by atoms with Crippen molar-refractivity contribution < 1.29 is 19.2 Å². The maximum Gasteiger partial charge on any atom is 0.434 e. The number of Topliss-reactive ketones (excluding diaryl/α,β-unsaturated/α-hetero) is 1. The number of ketones is 1. The first-order valence-electron chi connectivity index (χ1n) is 8.79. The summed E-state index contributed by atoms with van der Waals surface area (Å²) in [5, 5.41) is 21.1. The smallest absolute Gasteiger partial charge is 0.390 e. The Labute approximate surface area is 155 Å². The van der Waals surface area contributed by atoms with Crippen LogP contribution in [-0.2, 0) is 6.54 Å². The van der Waals surface area contributed by atoms with E-state index in [1.165, 1.54) is 41.2 Å². The highest BCUT2D eigenvalue weighted by atomic mass is 19.1. The normalized spacial score (nSPS) is 17.0. The minimum absolute atomic E-state index is 0.0178. The van der Waals surface area contributed by atoms with Gasteiger partial charge >= 0.3 is 5.95 Å². The van der Waals surface area contributed by atoms with E-state index in [2.05, 4.69) is 4.98 Å². The predicted octanol–water partition coefficient (Wildman–Crippen LogP) is 1.89. The number of nitrogens with zero attached hydrogens (tertiary/aromatic N) is 4. The molecule has 8 nitrogen and oxygen atoms in total. The zero-order valence-electron chi connectivity index (χ0n) is 14.7. The van der Waals surface area contributed by atoms with Gasteiger partial charge in [-0.3, -0.25) is 4.79 Å². The maximum atomic E-state index is 13.0. The van der Waals surface area contributed by atoms with Crippen LogP contribution < -0.4 is 0 Å². The second-order valence-electron chi connectivity index (χ2n) is 6.74. The Morgan fingerprint density at radius 3 is 2.59 bits per heavy atom. The van der Waals surface area contributed by atoms with Gasteiger partial charge in [-0.05, 0) is 55.1 Å². The molecule has 0 saturated carbocycles. The van der Waals surface area contributed by atoms with E-state index in [9.17, 15) is 24.4 Å². The van der Waals surface area contributed by atoms with Crippen LogP contribution in [0.5, 0.6) is 0 Å². The van der Waals surface area contributed by atoms with Crippen LogP contribution in [0.4, 0.5) is 10.3 Å². The number of hydrogen-bond donors (Lipinski definition) is 1. The molecule has 27 heavy (non-hydrogen) atoms. The fraction of sp³-hybridized carbons (Fsp3) is 0.444. The van der Waals surface area contributed by atoms with Crippen molar-refractivity contribution in [2.24, 2.45) is 5.92 Å². The molecule has 0 amide bonds. The van der Waals surface area contributed by atoms with Gasteiger partial charge in [0.2, 0.25) is 0 Å². The van der Waals surface area contributed by atoms with E-state index < -0.39 is 11.0 Å². The van der Waals surface area contributed by atoms with E-state index in [0.717, 1.165) is 0 Å². The van der Waals surface area contributed by atoms with E-state index in [4.69, 9.17) is 0 Å². The molecule has 2 heterocycles. The molecule has 1 aromatic heterocycles. The summed E-state index contributed by atoms with van der Waals surface area (Å²) in [5.41, 5.74) is 0.516. The fourth-order valence-corrected chi connectivity index (χ4v) is 3.43. The molecule has 0 aliphatic carbocycles. The molecule has 1 unspecified atom stereocenters. The highest BCUT2D eigenvalue weighted by molar-refractivity contribution is 5.97. The summed E-state index contributed by atoms with van der Waals surface area (Å²) in [4.78, 5) is 28.5.